The van der Waals surface area contributed by atoms with E-state index in [4.69, 9.17) is 10.5 Å². The number of halogens is 3. The van der Waals surface area contributed by atoms with Crippen molar-refractivity contribution in [3.8, 4) is 0 Å². The smallest absolute Gasteiger partial charge is 0.391 e. The zero-order valence-corrected chi connectivity index (χ0v) is 8.05. The fraction of sp³-hybridized carbons (Fsp3) is 0.400. The van der Waals surface area contributed by atoms with E-state index in [2.05, 4.69) is 0 Å². The van der Waals surface area contributed by atoms with Crippen molar-refractivity contribution in [1.82, 2.24) is 0 Å². The summed E-state index contributed by atoms with van der Waals surface area (Å²) in [5, 5.41) is 0. The van der Waals surface area contributed by atoms with Crippen LogP contribution in [0.25, 0.3) is 0 Å². The average molecular weight is 219 g/mol. The Labute approximate surface area is 85.8 Å². The van der Waals surface area contributed by atoms with Crippen LogP contribution in [-0.2, 0) is 11.3 Å². The Bertz CT molecular complexity index is 312. The highest BCUT2D eigenvalue weighted by atomic mass is 19.4. The SMILES string of the molecule is Nc1cccc(COCCC(F)(F)F)c1. The van der Waals surface area contributed by atoms with Crippen LogP contribution >= 0.6 is 0 Å². The molecule has 84 valence electrons. The van der Waals surface area contributed by atoms with Gasteiger partial charge in [0, 0.05) is 5.69 Å². The summed E-state index contributed by atoms with van der Waals surface area (Å²) < 4.78 is 40.1. The van der Waals surface area contributed by atoms with E-state index in [1.165, 1.54) is 0 Å². The molecule has 0 aliphatic heterocycles. The second kappa shape index (κ2) is 5.02. The van der Waals surface area contributed by atoms with Crippen molar-refractivity contribution in [2.75, 3.05) is 12.3 Å². The van der Waals surface area contributed by atoms with Gasteiger partial charge in [0.25, 0.3) is 0 Å². The van der Waals surface area contributed by atoms with E-state index < -0.39 is 12.6 Å². The number of hydrogen-bond acceptors (Lipinski definition) is 2. The van der Waals surface area contributed by atoms with Crippen molar-refractivity contribution < 1.29 is 17.9 Å². The van der Waals surface area contributed by atoms with Crippen LogP contribution in [0.1, 0.15) is 12.0 Å². The van der Waals surface area contributed by atoms with Gasteiger partial charge in [-0.1, -0.05) is 12.1 Å². The maximum absolute atomic E-state index is 11.7. The highest BCUT2D eigenvalue weighted by molar-refractivity contribution is 5.40. The normalized spacial score (nSPS) is 11.7. The second-order valence-corrected chi connectivity index (χ2v) is 3.16. The third-order valence-corrected chi connectivity index (χ3v) is 1.75. The largest absolute Gasteiger partial charge is 0.399 e. The molecule has 0 spiro atoms. The van der Waals surface area contributed by atoms with Gasteiger partial charge in [0.1, 0.15) is 0 Å². The van der Waals surface area contributed by atoms with E-state index in [0.29, 0.717) is 5.69 Å². The van der Waals surface area contributed by atoms with Crippen molar-refractivity contribution in [3.63, 3.8) is 0 Å². The molecule has 15 heavy (non-hydrogen) atoms. The third kappa shape index (κ3) is 5.27. The number of nitrogen functional groups attached to an aromatic ring is 1. The number of alkyl halides is 3. The van der Waals surface area contributed by atoms with Crippen molar-refractivity contribution in [2.45, 2.75) is 19.2 Å². The van der Waals surface area contributed by atoms with Crippen LogP contribution in [0.4, 0.5) is 18.9 Å². The van der Waals surface area contributed by atoms with Gasteiger partial charge in [0.2, 0.25) is 0 Å². The first-order valence-electron chi connectivity index (χ1n) is 4.46. The molecule has 2 N–H and O–H groups in total. The van der Waals surface area contributed by atoms with Crippen molar-refractivity contribution in [3.05, 3.63) is 29.8 Å². The zero-order chi connectivity index (χ0) is 11.3. The molecule has 0 amide bonds. The van der Waals surface area contributed by atoms with Gasteiger partial charge in [0.15, 0.2) is 0 Å². The molecule has 0 unspecified atom stereocenters. The minimum Gasteiger partial charge on any atom is -0.399 e. The minimum atomic E-state index is -4.16. The molecule has 0 aliphatic rings. The van der Waals surface area contributed by atoms with E-state index in [0.717, 1.165) is 5.56 Å². The molecule has 1 rings (SSSR count). The zero-order valence-electron chi connectivity index (χ0n) is 8.05. The second-order valence-electron chi connectivity index (χ2n) is 3.16. The molecule has 2 nitrogen and oxygen atoms in total. The van der Waals surface area contributed by atoms with Crippen LogP contribution in [0.5, 0.6) is 0 Å². The summed E-state index contributed by atoms with van der Waals surface area (Å²) in [5.74, 6) is 0. The van der Waals surface area contributed by atoms with Crippen LogP contribution in [0.3, 0.4) is 0 Å². The van der Waals surface area contributed by atoms with E-state index in [9.17, 15) is 13.2 Å². The number of rotatable bonds is 4. The van der Waals surface area contributed by atoms with Gasteiger partial charge in [0.05, 0.1) is 19.6 Å². The van der Waals surface area contributed by atoms with Gasteiger partial charge in [-0.05, 0) is 17.7 Å². The van der Waals surface area contributed by atoms with Crippen molar-refractivity contribution >= 4 is 5.69 Å². The molecule has 0 heterocycles. The van der Waals surface area contributed by atoms with Gasteiger partial charge >= 0.3 is 6.18 Å². The van der Waals surface area contributed by atoms with Crippen LogP contribution in [0, 0.1) is 0 Å². The number of benzene rings is 1. The lowest BCUT2D eigenvalue weighted by molar-refractivity contribution is -0.146. The van der Waals surface area contributed by atoms with Crippen LogP contribution in [0.15, 0.2) is 24.3 Å². The fourth-order valence-corrected chi connectivity index (χ4v) is 1.06. The third-order valence-electron chi connectivity index (χ3n) is 1.75. The lowest BCUT2D eigenvalue weighted by atomic mass is 10.2. The quantitative estimate of drug-likeness (QED) is 0.624. The molecule has 1 aromatic rings. The summed E-state index contributed by atoms with van der Waals surface area (Å²) in [5.41, 5.74) is 6.85. The van der Waals surface area contributed by atoms with Gasteiger partial charge < -0.3 is 10.5 Å². The van der Waals surface area contributed by atoms with Gasteiger partial charge in [-0.3, -0.25) is 0 Å². The van der Waals surface area contributed by atoms with Crippen LogP contribution in [0.2, 0.25) is 0 Å². The molecule has 0 bridgehead atoms. The summed E-state index contributed by atoms with van der Waals surface area (Å²) >= 11 is 0. The molecule has 5 heteroatoms. The average Bonchev–Trinajstić information content (AvgIpc) is 2.11. The molecule has 0 fully saturated rings. The number of ether oxygens (including phenoxy) is 1. The van der Waals surface area contributed by atoms with Gasteiger partial charge in [-0.25, -0.2) is 0 Å². The minimum absolute atomic E-state index is 0.154. The summed E-state index contributed by atoms with van der Waals surface area (Å²) in [6.07, 6.45) is -5.08. The van der Waals surface area contributed by atoms with Crippen molar-refractivity contribution in [1.29, 1.82) is 0 Å². The predicted molar refractivity (Wildman–Crippen MR) is 51.2 cm³/mol. The van der Waals surface area contributed by atoms with E-state index >= 15 is 0 Å². The highest BCUT2D eigenvalue weighted by Crippen LogP contribution is 2.19. The Morgan fingerprint density at radius 3 is 2.60 bits per heavy atom. The summed E-state index contributed by atoms with van der Waals surface area (Å²) in [7, 11) is 0. The summed E-state index contributed by atoms with van der Waals surface area (Å²) in [4.78, 5) is 0. The lowest BCUT2D eigenvalue weighted by Gasteiger charge is -2.07. The van der Waals surface area contributed by atoms with E-state index in [-0.39, 0.29) is 13.2 Å². The Morgan fingerprint density at radius 2 is 2.00 bits per heavy atom. The maximum Gasteiger partial charge on any atom is 0.391 e. The number of nitrogens with two attached hydrogens (primary N) is 1. The molecular formula is C10H12F3NO. The Kier molecular flexibility index (Phi) is 3.96. The molecule has 0 saturated heterocycles. The lowest BCUT2D eigenvalue weighted by Crippen LogP contribution is -2.11. The standard InChI is InChI=1S/C10H12F3NO/c11-10(12,13)4-5-15-7-8-2-1-3-9(14)6-8/h1-3,6H,4-5,7,14H2. The summed E-state index contributed by atoms with van der Waals surface area (Å²) in [6.45, 7) is -0.167. The first kappa shape index (κ1) is 11.8. The number of hydrogen-bond donors (Lipinski definition) is 1. The molecule has 0 atom stereocenters. The predicted octanol–water partition coefficient (Wildman–Crippen LogP) is 2.74. The van der Waals surface area contributed by atoms with Crippen LogP contribution < -0.4 is 5.73 Å². The Morgan fingerprint density at radius 1 is 1.27 bits per heavy atom. The van der Waals surface area contributed by atoms with E-state index in [1.54, 1.807) is 24.3 Å². The molecule has 1 aromatic carbocycles. The highest BCUT2D eigenvalue weighted by Gasteiger charge is 2.26. The van der Waals surface area contributed by atoms with Gasteiger partial charge in [-0.15, -0.1) is 0 Å². The Balaban J connectivity index is 2.26. The fourth-order valence-electron chi connectivity index (χ4n) is 1.06. The molecule has 0 aliphatic carbocycles. The summed E-state index contributed by atoms with van der Waals surface area (Å²) in [6, 6.07) is 6.87. The van der Waals surface area contributed by atoms with E-state index in [1.807, 2.05) is 0 Å². The maximum atomic E-state index is 11.7. The van der Waals surface area contributed by atoms with Crippen molar-refractivity contribution in [2.24, 2.45) is 0 Å². The Hall–Kier alpha value is -1.23. The molecular weight excluding hydrogens is 207 g/mol. The van der Waals surface area contributed by atoms with Gasteiger partial charge in [-0.2, -0.15) is 13.2 Å². The monoisotopic (exact) mass is 219 g/mol. The first-order valence-corrected chi connectivity index (χ1v) is 4.46. The number of anilines is 1. The molecule has 0 saturated carbocycles. The topological polar surface area (TPSA) is 35.2 Å². The first-order chi connectivity index (χ1) is 6.97. The molecule has 0 radical (unpaired) electrons. The molecule has 0 aromatic heterocycles. The van der Waals surface area contributed by atoms with Crippen LogP contribution in [-0.4, -0.2) is 12.8 Å².